The Morgan fingerprint density at radius 3 is 2.59 bits per heavy atom. The van der Waals surface area contributed by atoms with Crippen LogP contribution in [0.3, 0.4) is 0 Å². The molecule has 0 spiro atoms. The first-order chi connectivity index (χ1) is 8.09. The number of nitrogens with zero attached hydrogens (tertiary/aromatic N) is 1. The minimum Gasteiger partial charge on any atom is -0.506 e. The van der Waals surface area contributed by atoms with Crippen LogP contribution in [0.4, 0.5) is 5.69 Å². The van der Waals surface area contributed by atoms with Gasteiger partial charge in [-0.2, -0.15) is 0 Å². The van der Waals surface area contributed by atoms with Crippen molar-refractivity contribution in [2.24, 2.45) is 0 Å². The Kier molecular flexibility index (Phi) is 3.43. The number of hydrogen-bond donors (Lipinski definition) is 2. The number of nitrogen functional groups attached to an aromatic ring is 1. The summed E-state index contributed by atoms with van der Waals surface area (Å²) in [4.78, 5) is 13.9. The number of rotatable bonds is 1. The van der Waals surface area contributed by atoms with Gasteiger partial charge in [0.1, 0.15) is 5.75 Å². The second kappa shape index (κ2) is 4.84. The Labute approximate surface area is 105 Å². The maximum Gasteiger partial charge on any atom is 0.257 e. The number of phenolic OH excluding ortho intramolecular Hbond substituents is 1. The van der Waals surface area contributed by atoms with Crippen LogP contribution in [0.15, 0.2) is 12.1 Å². The van der Waals surface area contributed by atoms with Crippen molar-refractivity contribution >= 4 is 23.2 Å². The summed E-state index contributed by atoms with van der Waals surface area (Å²) in [6.07, 6.45) is 3.15. The molecule has 17 heavy (non-hydrogen) atoms. The summed E-state index contributed by atoms with van der Waals surface area (Å²) >= 11 is 5.80. The summed E-state index contributed by atoms with van der Waals surface area (Å²) in [6.45, 7) is 1.45. The topological polar surface area (TPSA) is 66.6 Å². The quantitative estimate of drug-likeness (QED) is 0.597. The van der Waals surface area contributed by atoms with E-state index in [0.717, 1.165) is 32.4 Å². The fourth-order valence-electron chi connectivity index (χ4n) is 2.05. The molecule has 1 aromatic rings. The van der Waals surface area contributed by atoms with Crippen molar-refractivity contribution in [1.29, 1.82) is 0 Å². The highest BCUT2D eigenvalue weighted by atomic mass is 35.5. The van der Waals surface area contributed by atoms with Crippen LogP contribution in [0.5, 0.6) is 5.75 Å². The average molecular weight is 255 g/mol. The molecule has 1 aliphatic heterocycles. The smallest absolute Gasteiger partial charge is 0.257 e. The normalized spacial score (nSPS) is 15.9. The van der Waals surface area contributed by atoms with Gasteiger partial charge in [-0.3, -0.25) is 4.79 Å². The Morgan fingerprint density at radius 2 is 1.94 bits per heavy atom. The molecule has 0 unspecified atom stereocenters. The summed E-state index contributed by atoms with van der Waals surface area (Å²) in [5, 5.41) is 9.90. The van der Waals surface area contributed by atoms with E-state index in [4.69, 9.17) is 17.3 Å². The second-order valence-electron chi connectivity index (χ2n) is 4.25. The van der Waals surface area contributed by atoms with Crippen LogP contribution < -0.4 is 5.73 Å². The van der Waals surface area contributed by atoms with E-state index in [1.54, 1.807) is 4.90 Å². The van der Waals surface area contributed by atoms with Crippen molar-refractivity contribution in [1.82, 2.24) is 4.90 Å². The molecule has 0 atom stereocenters. The zero-order valence-electron chi connectivity index (χ0n) is 9.45. The molecular weight excluding hydrogens is 240 g/mol. The third kappa shape index (κ3) is 2.47. The lowest BCUT2D eigenvalue weighted by molar-refractivity contribution is 0.0721. The molecule has 5 heteroatoms. The molecule has 0 saturated carbocycles. The summed E-state index contributed by atoms with van der Waals surface area (Å²) in [5.41, 5.74) is 6.20. The molecule has 1 fully saturated rings. The maximum absolute atomic E-state index is 12.2. The van der Waals surface area contributed by atoms with E-state index in [0.29, 0.717) is 5.69 Å². The van der Waals surface area contributed by atoms with E-state index in [1.165, 1.54) is 12.1 Å². The van der Waals surface area contributed by atoms with E-state index in [9.17, 15) is 9.90 Å². The second-order valence-corrected chi connectivity index (χ2v) is 4.66. The summed E-state index contributed by atoms with van der Waals surface area (Å²) in [7, 11) is 0. The van der Waals surface area contributed by atoms with Crippen LogP contribution in [0, 0.1) is 0 Å². The largest absolute Gasteiger partial charge is 0.506 e. The predicted octanol–water partition coefficient (Wildman–Crippen LogP) is 2.25. The Hall–Kier alpha value is -1.42. The third-order valence-corrected chi connectivity index (χ3v) is 3.25. The molecule has 0 aliphatic carbocycles. The van der Waals surface area contributed by atoms with Crippen molar-refractivity contribution < 1.29 is 9.90 Å². The standard InChI is InChI=1S/C12H15ClN2O2/c13-10-7-8(14)6-9(11(10)16)12(17)15-4-2-1-3-5-15/h6-7,16H,1-5,14H2. The third-order valence-electron chi connectivity index (χ3n) is 2.96. The number of anilines is 1. The molecule has 1 aromatic carbocycles. The number of piperidine rings is 1. The minimum absolute atomic E-state index is 0.116. The number of aromatic hydroxyl groups is 1. The van der Waals surface area contributed by atoms with Crippen LogP contribution in [0.25, 0.3) is 0 Å². The van der Waals surface area contributed by atoms with Gasteiger partial charge in [0.2, 0.25) is 0 Å². The highest BCUT2D eigenvalue weighted by molar-refractivity contribution is 6.33. The highest BCUT2D eigenvalue weighted by Crippen LogP contribution is 2.31. The van der Waals surface area contributed by atoms with Crippen molar-refractivity contribution in [2.45, 2.75) is 19.3 Å². The Balaban J connectivity index is 2.29. The molecule has 1 saturated heterocycles. The lowest BCUT2D eigenvalue weighted by Gasteiger charge is -2.27. The minimum atomic E-state index is -0.198. The highest BCUT2D eigenvalue weighted by Gasteiger charge is 2.22. The first kappa shape index (κ1) is 12.0. The molecule has 3 N–H and O–H groups in total. The van der Waals surface area contributed by atoms with Crippen LogP contribution in [0.2, 0.25) is 5.02 Å². The molecule has 0 radical (unpaired) electrons. The van der Waals surface area contributed by atoms with Crippen LogP contribution in [-0.4, -0.2) is 29.0 Å². The van der Waals surface area contributed by atoms with E-state index in [2.05, 4.69) is 0 Å². The molecule has 2 rings (SSSR count). The first-order valence-electron chi connectivity index (χ1n) is 5.67. The SMILES string of the molecule is Nc1cc(Cl)c(O)c(C(=O)N2CCCCC2)c1. The van der Waals surface area contributed by atoms with E-state index < -0.39 is 0 Å². The number of phenols is 1. The van der Waals surface area contributed by atoms with Gasteiger partial charge in [0.15, 0.2) is 0 Å². The predicted molar refractivity (Wildman–Crippen MR) is 67.3 cm³/mol. The number of halogens is 1. The molecular formula is C12H15ClN2O2. The number of amides is 1. The van der Waals surface area contributed by atoms with Gasteiger partial charge in [-0.05, 0) is 31.4 Å². The molecule has 92 valence electrons. The van der Waals surface area contributed by atoms with Gasteiger partial charge in [0, 0.05) is 18.8 Å². The van der Waals surface area contributed by atoms with E-state index >= 15 is 0 Å². The fraction of sp³-hybridized carbons (Fsp3) is 0.417. The van der Waals surface area contributed by atoms with Gasteiger partial charge in [-0.15, -0.1) is 0 Å². The summed E-state index contributed by atoms with van der Waals surface area (Å²) in [6, 6.07) is 2.90. The van der Waals surface area contributed by atoms with Crippen molar-refractivity contribution in [2.75, 3.05) is 18.8 Å². The van der Waals surface area contributed by atoms with Gasteiger partial charge >= 0.3 is 0 Å². The van der Waals surface area contributed by atoms with Gasteiger partial charge in [-0.25, -0.2) is 0 Å². The molecule has 4 nitrogen and oxygen atoms in total. The number of hydrogen-bond acceptors (Lipinski definition) is 3. The first-order valence-corrected chi connectivity index (χ1v) is 6.04. The maximum atomic E-state index is 12.2. The number of carbonyl (C=O) groups is 1. The average Bonchev–Trinajstić information content (AvgIpc) is 2.34. The zero-order chi connectivity index (χ0) is 12.4. The number of nitrogens with two attached hydrogens (primary N) is 1. The van der Waals surface area contributed by atoms with E-state index in [-0.39, 0.29) is 22.2 Å². The molecule has 1 amide bonds. The molecule has 0 bridgehead atoms. The van der Waals surface area contributed by atoms with Crippen molar-refractivity contribution in [3.05, 3.63) is 22.7 Å². The monoisotopic (exact) mass is 254 g/mol. The van der Waals surface area contributed by atoms with Crippen LogP contribution >= 0.6 is 11.6 Å². The van der Waals surface area contributed by atoms with E-state index in [1.807, 2.05) is 0 Å². The van der Waals surface area contributed by atoms with Crippen LogP contribution in [0.1, 0.15) is 29.6 Å². The van der Waals surface area contributed by atoms with Crippen molar-refractivity contribution in [3.8, 4) is 5.75 Å². The number of likely N-dealkylation sites (tertiary alicyclic amines) is 1. The molecule has 1 aliphatic rings. The zero-order valence-corrected chi connectivity index (χ0v) is 10.2. The van der Waals surface area contributed by atoms with Gasteiger partial charge in [-0.1, -0.05) is 11.6 Å². The lowest BCUT2D eigenvalue weighted by atomic mass is 10.1. The molecule has 0 aromatic heterocycles. The number of benzene rings is 1. The van der Waals surface area contributed by atoms with Gasteiger partial charge < -0.3 is 15.7 Å². The van der Waals surface area contributed by atoms with Crippen molar-refractivity contribution in [3.63, 3.8) is 0 Å². The summed E-state index contributed by atoms with van der Waals surface area (Å²) in [5.74, 6) is -0.382. The Bertz CT molecular complexity index is 442. The fourth-order valence-corrected chi connectivity index (χ4v) is 2.28. The molecule has 1 heterocycles. The van der Waals surface area contributed by atoms with Gasteiger partial charge in [0.25, 0.3) is 5.91 Å². The van der Waals surface area contributed by atoms with Crippen LogP contribution in [-0.2, 0) is 0 Å². The summed E-state index contributed by atoms with van der Waals surface area (Å²) < 4.78 is 0. The lowest BCUT2D eigenvalue weighted by Crippen LogP contribution is -2.35. The Morgan fingerprint density at radius 1 is 1.29 bits per heavy atom. The van der Waals surface area contributed by atoms with Gasteiger partial charge in [0.05, 0.1) is 10.6 Å². The number of carbonyl (C=O) groups excluding carboxylic acids is 1.